The summed E-state index contributed by atoms with van der Waals surface area (Å²) in [6, 6.07) is 8.18. The van der Waals surface area contributed by atoms with Crippen LogP contribution in [0.15, 0.2) is 47.1 Å². The van der Waals surface area contributed by atoms with Gasteiger partial charge in [0.2, 0.25) is 0 Å². The summed E-state index contributed by atoms with van der Waals surface area (Å²) in [7, 11) is 0. The summed E-state index contributed by atoms with van der Waals surface area (Å²) in [6.45, 7) is 5.55. The maximum absolute atomic E-state index is 10.9. The molecular formula is C19H24O3. The molecule has 1 aliphatic carbocycles. The summed E-state index contributed by atoms with van der Waals surface area (Å²) < 4.78 is 11.2. The topological polar surface area (TPSA) is 38.7 Å². The number of allylic oxidation sites excluding steroid dienone is 1. The first kappa shape index (κ1) is 15.5. The zero-order valence-corrected chi connectivity index (χ0v) is 13.3. The van der Waals surface area contributed by atoms with Gasteiger partial charge in [-0.25, -0.2) is 0 Å². The molecular weight excluding hydrogens is 276 g/mol. The second-order valence-corrected chi connectivity index (χ2v) is 6.06. The number of rotatable bonds is 5. The molecule has 1 heterocycles. The zero-order valence-electron chi connectivity index (χ0n) is 13.3. The van der Waals surface area contributed by atoms with E-state index in [1.54, 1.807) is 0 Å². The van der Waals surface area contributed by atoms with E-state index in [1.165, 1.54) is 11.1 Å². The van der Waals surface area contributed by atoms with Gasteiger partial charge in [0.1, 0.15) is 6.10 Å². The normalized spacial score (nSPS) is 20.6. The number of ether oxygens (including phenoxy) is 2. The predicted octanol–water partition coefficient (Wildman–Crippen LogP) is 3.69. The first-order valence-electron chi connectivity index (χ1n) is 8.10. The molecule has 0 aromatic heterocycles. The summed E-state index contributed by atoms with van der Waals surface area (Å²) in [5.41, 5.74) is 5.57. The van der Waals surface area contributed by atoms with Crippen LogP contribution >= 0.6 is 0 Å². The number of hydrogen-bond donors (Lipinski definition) is 1. The third-order valence-electron chi connectivity index (χ3n) is 4.39. The lowest BCUT2D eigenvalue weighted by Gasteiger charge is -2.17. The highest BCUT2D eigenvalue weighted by Gasteiger charge is 2.28. The van der Waals surface area contributed by atoms with E-state index in [1.807, 2.05) is 18.2 Å². The van der Waals surface area contributed by atoms with Gasteiger partial charge in [-0.3, -0.25) is 0 Å². The molecule has 0 amide bonds. The summed E-state index contributed by atoms with van der Waals surface area (Å²) in [5.74, 6) is 0. The number of aryl methyl sites for hydroxylation is 1. The van der Waals surface area contributed by atoms with Crippen molar-refractivity contribution in [3.8, 4) is 0 Å². The van der Waals surface area contributed by atoms with E-state index in [0.29, 0.717) is 13.2 Å². The minimum atomic E-state index is -0.568. The Morgan fingerprint density at radius 2 is 1.95 bits per heavy atom. The Morgan fingerprint density at radius 3 is 2.68 bits per heavy atom. The lowest BCUT2D eigenvalue weighted by atomic mass is 9.93. The molecule has 118 valence electrons. The average molecular weight is 300 g/mol. The molecule has 3 nitrogen and oxygen atoms in total. The van der Waals surface area contributed by atoms with Crippen molar-refractivity contribution in [2.75, 3.05) is 13.2 Å². The van der Waals surface area contributed by atoms with E-state index in [4.69, 9.17) is 9.47 Å². The van der Waals surface area contributed by atoms with Gasteiger partial charge in [-0.1, -0.05) is 49.3 Å². The summed E-state index contributed by atoms with van der Waals surface area (Å²) in [6.07, 6.45) is 4.16. The van der Waals surface area contributed by atoms with E-state index in [0.717, 1.165) is 36.0 Å². The molecule has 0 bridgehead atoms. The van der Waals surface area contributed by atoms with E-state index >= 15 is 0 Å². The molecule has 1 aliphatic heterocycles. The quantitative estimate of drug-likeness (QED) is 0.901. The highest BCUT2D eigenvalue weighted by Crippen LogP contribution is 2.37. The third-order valence-corrected chi connectivity index (χ3v) is 4.39. The van der Waals surface area contributed by atoms with Gasteiger partial charge >= 0.3 is 0 Å². The van der Waals surface area contributed by atoms with Crippen molar-refractivity contribution < 1.29 is 14.6 Å². The second-order valence-electron chi connectivity index (χ2n) is 6.06. The molecule has 0 saturated carbocycles. The molecule has 1 N–H and O–H groups in total. The number of aliphatic hydroxyl groups excluding tert-OH is 1. The zero-order chi connectivity index (χ0) is 15.5. The lowest BCUT2D eigenvalue weighted by molar-refractivity contribution is -0.0123. The van der Waals surface area contributed by atoms with E-state index in [2.05, 4.69) is 26.0 Å². The fourth-order valence-electron chi connectivity index (χ4n) is 3.28. The van der Waals surface area contributed by atoms with E-state index < -0.39 is 6.10 Å². The Hall–Kier alpha value is -1.42. The van der Waals surface area contributed by atoms with Crippen LogP contribution in [0, 0.1) is 0 Å². The van der Waals surface area contributed by atoms with Crippen LogP contribution in [-0.4, -0.2) is 24.6 Å². The van der Waals surface area contributed by atoms with Gasteiger partial charge in [0.15, 0.2) is 6.29 Å². The Labute approximate surface area is 132 Å². The van der Waals surface area contributed by atoms with Gasteiger partial charge < -0.3 is 14.6 Å². The fraction of sp³-hybridized carbons (Fsp3) is 0.474. The van der Waals surface area contributed by atoms with Crippen molar-refractivity contribution in [3.63, 3.8) is 0 Å². The van der Waals surface area contributed by atoms with Crippen molar-refractivity contribution in [1.82, 2.24) is 0 Å². The van der Waals surface area contributed by atoms with Crippen LogP contribution in [0.2, 0.25) is 0 Å². The Kier molecular flexibility index (Phi) is 4.77. The molecule has 1 aromatic carbocycles. The van der Waals surface area contributed by atoms with Gasteiger partial charge in [-0.05, 0) is 42.0 Å². The largest absolute Gasteiger partial charge is 0.384 e. The summed E-state index contributed by atoms with van der Waals surface area (Å²) >= 11 is 0. The molecule has 1 unspecified atom stereocenters. The molecule has 1 atom stereocenters. The van der Waals surface area contributed by atoms with Crippen molar-refractivity contribution in [2.24, 2.45) is 0 Å². The van der Waals surface area contributed by atoms with Crippen LogP contribution in [0.4, 0.5) is 0 Å². The fourth-order valence-corrected chi connectivity index (χ4v) is 3.28. The predicted molar refractivity (Wildman–Crippen MR) is 86.5 cm³/mol. The van der Waals surface area contributed by atoms with Crippen molar-refractivity contribution in [3.05, 3.63) is 58.2 Å². The number of aliphatic hydroxyl groups is 1. The van der Waals surface area contributed by atoms with Gasteiger partial charge in [-0.2, -0.15) is 0 Å². The SMILES string of the molecule is CCCc1ccccc1C(O)C1=C(C)CC(C2OCCO2)=C1. The van der Waals surface area contributed by atoms with Crippen LogP contribution in [-0.2, 0) is 15.9 Å². The van der Waals surface area contributed by atoms with Gasteiger partial charge in [0.25, 0.3) is 0 Å². The van der Waals surface area contributed by atoms with Crippen molar-refractivity contribution >= 4 is 0 Å². The Balaban J connectivity index is 1.85. The first-order chi connectivity index (χ1) is 10.7. The molecule has 1 saturated heterocycles. The van der Waals surface area contributed by atoms with Crippen LogP contribution in [0.3, 0.4) is 0 Å². The van der Waals surface area contributed by atoms with Crippen LogP contribution in [0.25, 0.3) is 0 Å². The third kappa shape index (κ3) is 3.02. The van der Waals surface area contributed by atoms with Crippen LogP contribution in [0.1, 0.15) is 43.9 Å². The second kappa shape index (κ2) is 6.78. The molecule has 22 heavy (non-hydrogen) atoms. The Bertz CT molecular complexity index is 594. The Morgan fingerprint density at radius 1 is 1.23 bits per heavy atom. The minimum Gasteiger partial charge on any atom is -0.384 e. The minimum absolute atomic E-state index is 0.231. The first-order valence-corrected chi connectivity index (χ1v) is 8.10. The van der Waals surface area contributed by atoms with E-state index in [-0.39, 0.29) is 6.29 Å². The number of hydrogen-bond acceptors (Lipinski definition) is 3. The lowest BCUT2D eigenvalue weighted by Crippen LogP contribution is -2.10. The van der Waals surface area contributed by atoms with Crippen molar-refractivity contribution in [2.45, 2.75) is 45.5 Å². The van der Waals surface area contributed by atoms with Crippen molar-refractivity contribution in [1.29, 1.82) is 0 Å². The summed E-state index contributed by atoms with van der Waals surface area (Å²) in [4.78, 5) is 0. The molecule has 1 aromatic rings. The summed E-state index contributed by atoms with van der Waals surface area (Å²) in [5, 5.41) is 10.9. The average Bonchev–Trinajstić information content (AvgIpc) is 3.17. The van der Waals surface area contributed by atoms with Crippen LogP contribution in [0.5, 0.6) is 0 Å². The van der Waals surface area contributed by atoms with Gasteiger partial charge in [0.05, 0.1) is 13.2 Å². The molecule has 3 heteroatoms. The maximum Gasteiger partial charge on any atom is 0.180 e. The molecule has 0 radical (unpaired) electrons. The highest BCUT2D eigenvalue weighted by molar-refractivity contribution is 5.46. The number of benzene rings is 1. The molecule has 2 aliphatic rings. The van der Waals surface area contributed by atoms with Gasteiger partial charge in [0, 0.05) is 0 Å². The molecule has 0 spiro atoms. The molecule has 1 fully saturated rings. The van der Waals surface area contributed by atoms with Gasteiger partial charge in [-0.15, -0.1) is 0 Å². The van der Waals surface area contributed by atoms with E-state index in [9.17, 15) is 5.11 Å². The highest BCUT2D eigenvalue weighted by atomic mass is 16.7. The monoisotopic (exact) mass is 300 g/mol. The van der Waals surface area contributed by atoms with Crippen LogP contribution < -0.4 is 0 Å². The standard InChI is InChI=1S/C19H24O3/c1-3-6-14-7-4-5-8-16(14)18(20)17-12-15(11-13(17)2)19-21-9-10-22-19/h4-5,7-8,12,18-20H,3,6,9-11H2,1-2H3. The molecule has 3 rings (SSSR count). The maximum atomic E-state index is 10.9. The smallest absolute Gasteiger partial charge is 0.180 e.